The van der Waals surface area contributed by atoms with Crippen LogP contribution in [-0.2, 0) is 16.0 Å². The minimum absolute atomic E-state index is 0.244. The number of benzene rings is 2. The van der Waals surface area contributed by atoms with Crippen molar-refractivity contribution in [2.45, 2.75) is 59.0 Å². The molecule has 1 aromatic heterocycles. The number of rotatable bonds is 8. The molecule has 3 aromatic rings. The zero-order valence-corrected chi connectivity index (χ0v) is 21.0. The number of aryl methyl sites for hydroxylation is 2. The number of aliphatic carboxylic acids is 1. The zero-order chi connectivity index (χ0) is 25.8. The lowest BCUT2D eigenvalue weighted by molar-refractivity contribution is -0.312. The summed E-state index contributed by atoms with van der Waals surface area (Å²) < 4.78 is 11.8. The standard InChI is InChI=1S/C29H33NO6/c1-17-13-24(35-19(3)27(31)30-16-21-9-11-22(12-10-21)28(32)33)26-18(2)23(29(34)36-25(26)14-17)15-20-7-5-4-6-8-20/h4-8,13-14,19,21-22H,9-12,15-16H2,1-3H3,(H,30,31)(H,32,33)/p-1/t19-,21?,22?/m1/s1. The summed E-state index contributed by atoms with van der Waals surface area (Å²) in [5.74, 6) is -0.871. The molecule has 0 radical (unpaired) electrons. The van der Waals surface area contributed by atoms with E-state index in [4.69, 9.17) is 9.15 Å². The maximum Gasteiger partial charge on any atom is 0.340 e. The molecule has 0 bridgehead atoms. The van der Waals surface area contributed by atoms with Crippen LogP contribution in [0.3, 0.4) is 0 Å². The third-order valence-corrected chi connectivity index (χ3v) is 7.13. The smallest absolute Gasteiger partial charge is 0.340 e. The van der Waals surface area contributed by atoms with Gasteiger partial charge in [-0.15, -0.1) is 0 Å². The van der Waals surface area contributed by atoms with E-state index in [9.17, 15) is 19.5 Å². The van der Waals surface area contributed by atoms with Gasteiger partial charge >= 0.3 is 5.63 Å². The van der Waals surface area contributed by atoms with Gasteiger partial charge in [0.15, 0.2) is 6.10 Å². The Hall–Kier alpha value is -3.61. The lowest BCUT2D eigenvalue weighted by atomic mass is 9.82. The lowest BCUT2D eigenvalue weighted by Crippen LogP contribution is -2.40. The number of carboxylic acid groups (broad SMARTS) is 1. The SMILES string of the molecule is Cc1cc(O[C@H](C)C(=O)NCC2CCC(C(=O)[O-])CC2)c2c(C)c(Cc3ccccc3)c(=O)oc2c1. The highest BCUT2D eigenvalue weighted by Gasteiger charge is 2.24. The molecule has 1 amide bonds. The second-order valence-corrected chi connectivity index (χ2v) is 9.83. The number of hydrogen-bond donors (Lipinski definition) is 1. The summed E-state index contributed by atoms with van der Waals surface area (Å²) in [4.78, 5) is 36.7. The Bertz CT molecular complexity index is 1300. The van der Waals surface area contributed by atoms with E-state index in [1.54, 1.807) is 13.0 Å². The number of carbonyl (C=O) groups is 2. The summed E-state index contributed by atoms with van der Waals surface area (Å²) in [6.07, 6.45) is 2.34. The Labute approximate surface area is 210 Å². The Morgan fingerprint density at radius 2 is 1.81 bits per heavy atom. The van der Waals surface area contributed by atoms with Crippen molar-refractivity contribution in [3.63, 3.8) is 0 Å². The highest BCUT2D eigenvalue weighted by molar-refractivity contribution is 5.89. The van der Waals surface area contributed by atoms with Crippen LogP contribution in [0, 0.1) is 25.7 Å². The van der Waals surface area contributed by atoms with E-state index in [2.05, 4.69) is 5.32 Å². The summed E-state index contributed by atoms with van der Waals surface area (Å²) in [5, 5.41) is 14.7. The van der Waals surface area contributed by atoms with Gasteiger partial charge in [-0.25, -0.2) is 4.79 Å². The number of hydrogen-bond acceptors (Lipinski definition) is 6. The highest BCUT2D eigenvalue weighted by atomic mass is 16.5. The molecule has 36 heavy (non-hydrogen) atoms. The van der Waals surface area contributed by atoms with E-state index in [0.29, 0.717) is 48.1 Å². The first kappa shape index (κ1) is 25.5. The van der Waals surface area contributed by atoms with Gasteiger partial charge in [-0.3, -0.25) is 4.79 Å². The van der Waals surface area contributed by atoms with Gasteiger partial charge in [0.05, 0.1) is 5.39 Å². The Balaban J connectivity index is 1.50. The number of fused-ring (bicyclic) bond motifs is 1. The van der Waals surface area contributed by atoms with Gasteiger partial charge in [0.25, 0.3) is 5.91 Å². The van der Waals surface area contributed by atoms with Gasteiger partial charge in [0.2, 0.25) is 0 Å². The summed E-state index contributed by atoms with van der Waals surface area (Å²) >= 11 is 0. The molecule has 4 rings (SSSR count). The average Bonchev–Trinajstić information content (AvgIpc) is 2.85. The van der Waals surface area contributed by atoms with E-state index in [1.807, 2.05) is 50.2 Å². The summed E-state index contributed by atoms with van der Waals surface area (Å²) in [5.41, 5.74) is 3.25. The van der Waals surface area contributed by atoms with Crippen molar-refractivity contribution in [2.75, 3.05) is 6.54 Å². The summed E-state index contributed by atoms with van der Waals surface area (Å²) in [6.45, 7) is 5.94. The first-order chi connectivity index (χ1) is 17.2. The van der Waals surface area contributed by atoms with Gasteiger partial charge in [-0.1, -0.05) is 30.3 Å². The monoisotopic (exact) mass is 490 g/mol. The molecule has 1 N–H and O–H groups in total. The fourth-order valence-electron chi connectivity index (χ4n) is 4.97. The maximum absolute atomic E-state index is 12.8. The van der Waals surface area contributed by atoms with Crippen LogP contribution in [0.4, 0.5) is 0 Å². The minimum Gasteiger partial charge on any atom is -0.550 e. The molecule has 190 valence electrons. The van der Waals surface area contributed by atoms with Gasteiger partial charge in [0, 0.05) is 24.5 Å². The minimum atomic E-state index is -0.983. The molecule has 1 fully saturated rings. The third-order valence-electron chi connectivity index (χ3n) is 7.13. The molecule has 1 aliphatic rings. The molecule has 1 atom stereocenters. The van der Waals surface area contributed by atoms with Crippen LogP contribution in [-0.4, -0.2) is 24.5 Å². The molecule has 0 spiro atoms. The van der Waals surface area contributed by atoms with E-state index in [-0.39, 0.29) is 23.4 Å². The maximum atomic E-state index is 12.8. The largest absolute Gasteiger partial charge is 0.550 e. The number of carboxylic acids is 1. The number of nitrogens with one attached hydrogen (secondary N) is 1. The third kappa shape index (κ3) is 5.78. The van der Waals surface area contributed by atoms with E-state index >= 15 is 0 Å². The van der Waals surface area contributed by atoms with Crippen LogP contribution in [0.25, 0.3) is 11.0 Å². The number of amides is 1. The van der Waals surface area contributed by atoms with E-state index in [0.717, 1.165) is 29.5 Å². The van der Waals surface area contributed by atoms with Crippen LogP contribution < -0.4 is 20.8 Å². The molecular formula is C29H32NO6-. The first-order valence-corrected chi connectivity index (χ1v) is 12.5. The topological polar surface area (TPSA) is 109 Å². The van der Waals surface area contributed by atoms with Crippen molar-refractivity contribution in [2.24, 2.45) is 11.8 Å². The second-order valence-electron chi connectivity index (χ2n) is 9.83. The Morgan fingerprint density at radius 3 is 2.47 bits per heavy atom. The molecule has 7 heteroatoms. The van der Waals surface area contributed by atoms with E-state index < -0.39 is 12.1 Å². The number of carbonyl (C=O) groups excluding carboxylic acids is 2. The molecular weight excluding hydrogens is 458 g/mol. The van der Waals surface area contributed by atoms with Gasteiger partial charge < -0.3 is 24.4 Å². The quantitative estimate of drug-likeness (QED) is 0.485. The van der Waals surface area contributed by atoms with Crippen LogP contribution in [0.2, 0.25) is 0 Å². The van der Waals surface area contributed by atoms with Crippen molar-refractivity contribution in [1.29, 1.82) is 0 Å². The highest BCUT2D eigenvalue weighted by Crippen LogP contribution is 2.32. The van der Waals surface area contributed by atoms with Crippen LogP contribution >= 0.6 is 0 Å². The predicted molar refractivity (Wildman–Crippen MR) is 135 cm³/mol. The Morgan fingerprint density at radius 1 is 1.11 bits per heavy atom. The van der Waals surface area contributed by atoms with Crippen LogP contribution in [0.5, 0.6) is 5.75 Å². The normalized spacial score (nSPS) is 18.5. The molecule has 2 aromatic carbocycles. The van der Waals surface area contributed by atoms with Gasteiger partial charge in [0.1, 0.15) is 11.3 Å². The predicted octanol–water partition coefficient (Wildman–Crippen LogP) is 3.44. The van der Waals surface area contributed by atoms with Crippen molar-refractivity contribution in [1.82, 2.24) is 5.32 Å². The summed E-state index contributed by atoms with van der Waals surface area (Å²) in [6, 6.07) is 13.4. The fourth-order valence-corrected chi connectivity index (χ4v) is 4.97. The van der Waals surface area contributed by atoms with Crippen LogP contribution in [0.15, 0.2) is 51.7 Å². The second kappa shape index (κ2) is 11.0. The first-order valence-electron chi connectivity index (χ1n) is 12.5. The molecule has 0 saturated heterocycles. The van der Waals surface area contributed by atoms with Crippen molar-refractivity contribution < 1.29 is 23.8 Å². The molecule has 1 saturated carbocycles. The van der Waals surface area contributed by atoms with E-state index in [1.165, 1.54) is 0 Å². The van der Waals surface area contributed by atoms with Crippen LogP contribution in [0.1, 0.15) is 54.9 Å². The van der Waals surface area contributed by atoms with Gasteiger partial charge in [-0.05, 0) is 87.1 Å². The van der Waals surface area contributed by atoms with Crippen molar-refractivity contribution in [3.8, 4) is 5.75 Å². The Kier molecular flexibility index (Phi) is 7.77. The van der Waals surface area contributed by atoms with Crippen molar-refractivity contribution in [3.05, 3.63) is 75.1 Å². The fraction of sp³-hybridized carbons (Fsp3) is 0.414. The molecule has 1 aliphatic carbocycles. The van der Waals surface area contributed by atoms with Crippen molar-refractivity contribution >= 4 is 22.8 Å². The molecule has 0 unspecified atom stereocenters. The zero-order valence-electron chi connectivity index (χ0n) is 21.0. The molecule has 1 heterocycles. The number of ether oxygens (including phenoxy) is 1. The molecule has 0 aliphatic heterocycles. The summed E-state index contributed by atoms with van der Waals surface area (Å²) in [7, 11) is 0. The average molecular weight is 491 g/mol. The lowest BCUT2D eigenvalue weighted by Gasteiger charge is -2.29. The molecule has 7 nitrogen and oxygen atoms in total. The van der Waals surface area contributed by atoms with Gasteiger partial charge in [-0.2, -0.15) is 0 Å².